The molecule has 448 valence electrons. The van der Waals surface area contributed by atoms with Crippen LogP contribution in [0, 0.1) is 0 Å². The number of unbranched alkanes of at least 4 members (excludes halogenated alkanes) is 33. The molecule has 0 saturated heterocycles. The molecule has 6 nitrogen and oxygen atoms in total. The minimum absolute atomic E-state index is 0.0933. The lowest BCUT2D eigenvalue weighted by molar-refractivity contribution is -0.167. The molecule has 0 aromatic carbocycles. The molecule has 78 heavy (non-hydrogen) atoms. The van der Waals surface area contributed by atoms with Gasteiger partial charge in [0, 0.05) is 19.3 Å². The summed E-state index contributed by atoms with van der Waals surface area (Å²) < 4.78 is 16.9. The SMILES string of the molecule is CC/C=C\C/C=C\C/C=C\C/C=C\C/C=C\CCCCCC(=O)OCC(COC(=O)CCCCCCCC/C=C\C/C=C\C/C=C\CCCCCCC)OC(=O)CCCCCCCCCCCCCCCCCCCCCC. The van der Waals surface area contributed by atoms with E-state index in [1.807, 2.05) is 0 Å². The molecule has 0 saturated carbocycles. The van der Waals surface area contributed by atoms with Gasteiger partial charge in [0.1, 0.15) is 13.2 Å². The molecule has 0 fully saturated rings. The number of hydrogen-bond donors (Lipinski definition) is 0. The first-order chi connectivity index (χ1) is 38.5. The van der Waals surface area contributed by atoms with Crippen LogP contribution in [-0.4, -0.2) is 37.2 Å². The molecule has 0 N–H and O–H groups in total. The van der Waals surface area contributed by atoms with Crippen molar-refractivity contribution in [2.75, 3.05) is 13.2 Å². The highest BCUT2D eigenvalue weighted by molar-refractivity contribution is 5.71. The van der Waals surface area contributed by atoms with Gasteiger partial charge >= 0.3 is 17.9 Å². The molecule has 6 heteroatoms. The first-order valence-electron chi connectivity index (χ1n) is 33.2. The molecule has 0 bridgehead atoms. The first kappa shape index (κ1) is 74.3. The van der Waals surface area contributed by atoms with Crippen LogP contribution >= 0.6 is 0 Å². The van der Waals surface area contributed by atoms with Crippen molar-refractivity contribution in [1.29, 1.82) is 0 Å². The molecule has 0 heterocycles. The fraction of sp³-hybridized carbons (Fsp3) is 0.736. The van der Waals surface area contributed by atoms with Crippen LogP contribution in [0.5, 0.6) is 0 Å². The summed E-state index contributed by atoms with van der Waals surface area (Å²) in [4.78, 5) is 38.4. The van der Waals surface area contributed by atoms with Gasteiger partial charge in [-0.3, -0.25) is 14.4 Å². The number of esters is 3. The maximum absolute atomic E-state index is 12.9. The lowest BCUT2D eigenvalue weighted by atomic mass is 10.0. The van der Waals surface area contributed by atoms with Crippen LogP contribution in [0.1, 0.15) is 323 Å². The van der Waals surface area contributed by atoms with Crippen molar-refractivity contribution >= 4 is 17.9 Å². The number of carbonyl (C=O) groups is 3. The van der Waals surface area contributed by atoms with Crippen molar-refractivity contribution in [3.8, 4) is 0 Å². The number of allylic oxidation sites excluding steroid dienone is 16. The van der Waals surface area contributed by atoms with E-state index in [9.17, 15) is 14.4 Å². The van der Waals surface area contributed by atoms with Gasteiger partial charge in [-0.1, -0.05) is 298 Å². The summed E-state index contributed by atoms with van der Waals surface area (Å²) in [6.07, 6.45) is 88.4. The molecule has 0 aliphatic heterocycles. The highest BCUT2D eigenvalue weighted by Crippen LogP contribution is 2.17. The topological polar surface area (TPSA) is 78.9 Å². The summed E-state index contributed by atoms with van der Waals surface area (Å²) in [6.45, 7) is 6.52. The van der Waals surface area contributed by atoms with E-state index in [-0.39, 0.29) is 31.1 Å². The average molecular weight is 1090 g/mol. The van der Waals surface area contributed by atoms with Gasteiger partial charge in [-0.25, -0.2) is 0 Å². The van der Waals surface area contributed by atoms with E-state index < -0.39 is 6.10 Å². The molecule has 0 aliphatic rings. The lowest BCUT2D eigenvalue weighted by Crippen LogP contribution is -2.30. The standard InChI is InChI=1S/C72H124O6/c1-4-7-10-13-16-19-22-25-28-31-34-36-39-41-44-47-50-53-56-59-62-65-71(74)77-68-69(67-76-70(73)64-61-58-55-52-49-46-43-40-37-33-30-27-24-21-18-15-12-9-6-3)78-72(75)66-63-60-57-54-51-48-45-42-38-35-32-29-26-23-20-17-14-11-8-5-2/h9,12,18,21-22,25,27,30-31,34,37,39-41,46,49,69H,4-8,10-11,13-17,19-20,23-24,26,28-29,32-33,35-36,38,42-45,47-48,50-68H2,1-3H3/b12-9-,21-18-,25-22-,30-27-,34-31-,40-37-,41-39-,49-46-. The predicted molar refractivity (Wildman–Crippen MR) is 339 cm³/mol. The highest BCUT2D eigenvalue weighted by atomic mass is 16.6. The van der Waals surface area contributed by atoms with Gasteiger partial charge in [-0.15, -0.1) is 0 Å². The number of carbonyl (C=O) groups excluding carboxylic acids is 3. The third-order valence-electron chi connectivity index (χ3n) is 14.3. The number of rotatable bonds is 60. The zero-order valence-corrected chi connectivity index (χ0v) is 51.4. The maximum Gasteiger partial charge on any atom is 0.306 e. The lowest BCUT2D eigenvalue weighted by Gasteiger charge is -2.18. The van der Waals surface area contributed by atoms with Gasteiger partial charge in [-0.05, 0) is 103 Å². The molecule has 0 aliphatic carbocycles. The van der Waals surface area contributed by atoms with Crippen LogP contribution in [0.25, 0.3) is 0 Å². The maximum atomic E-state index is 12.9. The van der Waals surface area contributed by atoms with E-state index in [0.29, 0.717) is 19.3 Å². The van der Waals surface area contributed by atoms with Crippen molar-refractivity contribution in [2.45, 2.75) is 329 Å². The van der Waals surface area contributed by atoms with Crippen LogP contribution in [-0.2, 0) is 28.6 Å². The fourth-order valence-corrected chi connectivity index (χ4v) is 9.36. The smallest absolute Gasteiger partial charge is 0.306 e. The Hall–Kier alpha value is -3.67. The summed E-state index contributed by atoms with van der Waals surface area (Å²) in [7, 11) is 0. The quantitative estimate of drug-likeness (QED) is 0.0261. The van der Waals surface area contributed by atoms with Gasteiger partial charge in [-0.2, -0.15) is 0 Å². The number of hydrogen-bond acceptors (Lipinski definition) is 6. The van der Waals surface area contributed by atoms with E-state index in [1.54, 1.807) is 0 Å². The van der Waals surface area contributed by atoms with E-state index in [2.05, 4.69) is 118 Å². The molecular formula is C72H124O6. The van der Waals surface area contributed by atoms with E-state index in [0.717, 1.165) is 116 Å². The molecular weight excluding hydrogens is 961 g/mol. The third kappa shape index (κ3) is 63.2. The summed E-state index contributed by atoms with van der Waals surface area (Å²) in [5, 5.41) is 0. The Balaban J connectivity index is 4.45. The molecule has 0 amide bonds. The van der Waals surface area contributed by atoms with Crippen molar-refractivity contribution in [2.24, 2.45) is 0 Å². The summed E-state index contributed by atoms with van der Waals surface area (Å²) in [5.74, 6) is -0.923. The Morgan fingerprint density at radius 1 is 0.269 bits per heavy atom. The zero-order valence-electron chi connectivity index (χ0n) is 51.4. The zero-order chi connectivity index (χ0) is 56.4. The normalized spacial score (nSPS) is 12.7. The van der Waals surface area contributed by atoms with Crippen molar-refractivity contribution in [3.05, 3.63) is 97.2 Å². The fourth-order valence-electron chi connectivity index (χ4n) is 9.36. The Morgan fingerprint density at radius 3 is 0.795 bits per heavy atom. The predicted octanol–water partition coefficient (Wildman–Crippen LogP) is 22.8. The Labute approximate surface area is 483 Å². The van der Waals surface area contributed by atoms with E-state index >= 15 is 0 Å². The summed E-state index contributed by atoms with van der Waals surface area (Å²) in [5.41, 5.74) is 0. The van der Waals surface area contributed by atoms with Gasteiger partial charge in [0.15, 0.2) is 6.10 Å². The molecule has 0 rings (SSSR count). The molecule has 0 spiro atoms. The minimum atomic E-state index is -0.798. The van der Waals surface area contributed by atoms with Crippen LogP contribution in [0.15, 0.2) is 97.2 Å². The highest BCUT2D eigenvalue weighted by Gasteiger charge is 2.19. The Bertz CT molecular complexity index is 1530. The monoisotopic (exact) mass is 1080 g/mol. The Morgan fingerprint density at radius 2 is 0.500 bits per heavy atom. The van der Waals surface area contributed by atoms with Crippen LogP contribution in [0.4, 0.5) is 0 Å². The van der Waals surface area contributed by atoms with Crippen molar-refractivity contribution < 1.29 is 28.6 Å². The van der Waals surface area contributed by atoms with E-state index in [4.69, 9.17) is 14.2 Å². The Kier molecular flexibility index (Phi) is 62.7. The van der Waals surface area contributed by atoms with Crippen LogP contribution in [0.3, 0.4) is 0 Å². The molecule has 0 aromatic rings. The summed E-state index contributed by atoms with van der Waals surface area (Å²) >= 11 is 0. The second-order valence-electron chi connectivity index (χ2n) is 22.0. The van der Waals surface area contributed by atoms with Crippen molar-refractivity contribution in [1.82, 2.24) is 0 Å². The third-order valence-corrected chi connectivity index (χ3v) is 14.3. The van der Waals surface area contributed by atoms with Gasteiger partial charge < -0.3 is 14.2 Å². The van der Waals surface area contributed by atoms with Gasteiger partial charge in [0.05, 0.1) is 0 Å². The largest absolute Gasteiger partial charge is 0.462 e. The summed E-state index contributed by atoms with van der Waals surface area (Å²) in [6, 6.07) is 0. The molecule has 1 atom stereocenters. The second-order valence-corrected chi connectivity index (χ2v) is 22.0. The molecule has 0 radical (unpaired) electrons. The average Bonchev–Trinajstić information content (AvgIpc) is 3.44. The van der Waals surface area contributed by atoms with Gasteiger partial charge in [0.25, 0.3) is 0 Å². The second kappa shape index (κ2) is 65.8. The first-order valence-corrected chi connectivity index (χ1v) is 33.2. The van der Waals surface area contributed by atoms with E-state index in [1.165, 1.54) is 167 Å². The van der Waals surface area contributed by atoms with Crippen LogP contribution < -0.4 is 0 Å². The number of ether oxygens (including phenoxy) is 3. The van der Waals surface area contributed by atoms with Crippen molar-refractivity contribution in [3.63, 3.8) is 0 Å². The van der Waals surface area contributed by atoms with Gasteiger partial charge in [0.2, 0.25) is 0 Å². The molecule has 0 aromatic heterocycles. The molecule has 1 unspecified atom stereocenters. The van der Waals surface area contributed by atoms with Crippen LogP contribution in [0.2, 0.25) is 0 Å². The minimum Gasteiger partial charge on any atom is -0.462 e.